The van der Waals surface area contributed by atoms with Gasteiger partial charge in [0.25, 0.3) is 0 Å². The van der Waals surface area contributed by atoms with Crippen LogP contribution in [0.1, 0.15) is 129 Å². The molecule has 17 N–H and O–H groups in total. The summed E-state index contributed by atoms with van der Waals surface area (Å²) in [6.45, 7) is 5.94. The SMILES string of the molecule is CCCCCC(N)C(=O)NC(CCCCNC(=O)C(N)CCCCN)C(=O)NCCCCC(NC(=O)C(N)CCCCNC(=O)C(CN)CCCN)C(C)=O. The van der Waals surface area contributed by atoms with E-state index in [2.05, 4.69) is 33.5 Å². The molecule has 17 heteroatoms. The molecule has 0 fully saturated rings. The van der Waals surface area contributed by atoms with Crippen molar-refractivity contribution < 1.29 is 28.8 Å². The Kier molecular flexibility index (Phi) is 31.0. The molecule has 6 unspecified atom stereocenters. The van der Waals surface area contributed by atoms with Gasteiger partial charge in [0.05, 0.1) is 30.1 Å². The Morgan fingerprint density at radius 2 is 0.873 bits per heavy atom. The first-order chi connectivity index (χ1) is 26.3. The van der Waals surface area contributed by atoms with E-state index in [1.165, 1.54) is 6.92 Å². The smallest absolute Gasteiger partial charge is 0.242 e. The van der Waals surface area contributed by atoms with Crippen LogP contribution in [-0.4, -0.2) is 105 Å². The van der Waals surface area contributed by atoms with Gasteiger partial charge in [0.15, 0.2) is 5.78 Å². The zero-order valence-electron chi connectivity index (χ0n) is 33.8. The minimum Gasteiger partial charge on any atom is -0.356 e. The molecule has 0 aromatic heterocycles. The molecule has 0 aromatic rings. The number of ketones is 1. The second kappa shape index (κ2) is 33.0. The average Bonchev–Trinajstić information content (AvgIpc) is 3.16. The van der Waals surface area contributed by atoms with E-state index in [-0.39, 0.29) is 41.9 Å². The number of rotatable bonds is 35. The summed E-state index contributed by atoms with van der Waals surface area (Å²) in [4.78, 5) is 75.6. The molecular weight excluding hydrogens is 706 g/mol. The highest BCUT2D eigenvalue weighted by molar-refractivity contribution is 5.90. The molecule has 0 aromatic carbocycles. The molecule has 0 heterocycles. The van der Waals surface area contributed by atoms with Crippen molar-refractivity contribution in [3.63, 3.8) is 0 Å². The summed E-state index contributed by atoms with van der Waals surface area (Å²) >= 11 is 0. The number of carbonyl (C=O) groups excluding carboxylic acids is 6. The number of amides is 5. The predicted octanol–water partition coefficient (Wildman–Crippen LogP) is -0.591. The topological polar surface area (TPSA) is 319 Å². The van der Waals surface area contributed by atoms with Crippen molar-refractivity contribution in [3.8, 4) is 0 Å². The zero-order chi connectivity index (χ0) is 41.4. The molecule has 0 bridgehead atoms. The Morgan fingerprint density at radius 3 is 1.36 bits per heavy atom. The largest absolute Gasteiger partial charge is 0.356 e. The van der Waals surface area contributed by atoms with Crippen molar-refractivity contribution in [2.45, 2.75) is 160 Å². The fourth-order valence-corrected chi connectivity index (χ4v) is 5.91. The number of nitrogens with one attached hydrogen (secondary N) is 5. The molecule has 0 saturated carbocycles. The standard InChI is InChI=1S/C38H77N11O6/c1-3-4-5-16-30(43)37(54)49-33(20-9-13-24-46-35(52)29(42)17-6-10-21-39)38(55)47-25-12-8-19-32(27(2)50)48-36(53)31(44)18-7-11-23-45-34(51)28(26-41)15-14-22-40/h28-33H,3-26,39-44H2,1-2H3,(H,45,51)(H,46,52)(H,47,55)(H,48,53)(H,49,54). The number of hydrogen-bond acceptors (Lipinski definition) is 12. The van der Waals surface area contributed by atoms with Gasteiger partial charge in [0, 0.05) is 26.2 Å². The summed E-state index contributed by atoms with van der Waals surface area (Å²) in [5.41, 5.74) is 34.9. The van der Waals surface area contributed by atoms with Gasteiger partial charge in [-0.05, 0) is 110 Å². The fourth-order valence-electron chi connectivity index (χ4n) is 5.91. The van der Waals surface area contributed by atoms with Gasteiger partial charge < -0.3 is 61.0 Å². The van der Waals surface area contributed by atoms with Crippen LogP contribution in [0.2, 0.25) is 0 Å². The van der Waals surface area contributed by atoms with E-state index in [0.717, 1.165) is 38.5 Å². The van der Waals surface area contributed by atoms with Crippen molar-refractivity contribution >= 4 is 35.3 Å². The molecule has 0 spiro atoms. The van der Waals surface area contributed by atoms with Gasteiger partial charge in [-0.2, -0.15) is 0 Å². The summed E-state index contributed by atoms with van der Waals surface area (Å²) in [5.74, 6) is -1.93. The van der Waals surface area contributed by atoms with Gasteiger partial charge in [-0.15, -0.1) is 0 Å². The lowest BCUT2D eigenvalue weighted by Crippen LogP contribution is -2.51. The third kappa shape index (κ3) is 25.5. The second-order valence-electron chi connectivity index (χ2n) is 14.6. The molecule has 0 aliphatic carbocycles. The maximum Gasteiger partial charge on any atom is 0.242 e. The van der Waals surface area contributed by atoms with Crippen molar-refractivity contribution in [1.82, 2.24) is 26.6 Å². The Balaban J connectivity index is 4.81. The second-order valence-corrected chi connectivity index (χ2v) is 14.6. The van der Waals surface area contributed by atoms with E-state index < -0.39 is 36.1 Å². The predicted molar refractivity (Wildman–Crippen MR) is 217 cm³/mol. The molecule has 6 atom stereocenters. The highest BCUT2D eigenvalue weighted by Crippen LogP contribution is 2.09. The van der Waals surface area contributed by atoms with E-state index in [1.54, 1.807) is 0 Å². The fraction of sp³-hybridized carbons (Fsp3) is 0.842. The van der Waals surface area contributed by atoms with Crippen molar-refractivity contribution in [2.75, 3.05) is 39.3 Å². The van der Waals surface area contributed by atoms with Crippen LogP contribution < -0.4 is 61.0 Å². The van der Waals surface area contributed by atoms with Gasteiger partial charge in [-0.25, -0.2) is 0 Å². The van der Waals surface area contributed by atoms with E-state index in [1.807, 2.05) is 0 Å². The van der Waals surface area contributed by atoms with Crippen molar-refractivity contribution in [2.24, 2.45) is 40.3 Å². The minimum absolute atomic E-state index is 0.100. The lowest BCUT2D eigenvalue weighted by Gasteiger charge is -2.21. The van der Waals surface area contributed by atoms with E-state index >= 15 is 0 Å². The molecule has 0 aliphatic heterocycles. The summed E-state index contributed by atoms with van der Waals surface area (Å²) in [7, 11) is 0. The lowest BCUT2D eigenvalue weighted by molar-refractivity contribution is -0.129. The quantitative estimate of drug-likeness (QED) is 0.0360. The maximum atomic E-state index is 13.2. The Labute approximate surface area is 329 Å². The molecular formula is C38H77N11O6. The first-order valence-corrected chi connectivity index (χ1v) is 20.6. The van der Waals surface area contributed by atoms with E-state index in [9.17, 15) is 28.8 Å². The van der Waals surface area contributed by atoms with Gasteiger partial charge in [0.2, 0.25) is 29.5 Å². The van der Waals surface area contributed by atoms with Crippen LogP contribution in [0.25, 0.3) is 0 Å². The van der Waals surface area contributed by atoms with Gasteiger partial charge in [-0.1, -0.05) is 32.6 Å². The monoisotopic (exact) mass is 784 g/mol. The lowest BCUT2D eigenvalue weighted by atomic mass is 10.0. The summed E-state index contributed by atoms with van der Waals surface area (Å²) in [6, 6.07) is -3.63. The molecule has 0 rings (SSSR count). The number of carbonyl (C=O) groups is 6. The number of Topliss-reactive ketones (excluding diaryl/α,β-unsaturated/α-hetero) is 1. The highest BCUT2D eigenvalue weighted by atomic mass is 16.2. The molecule has 320 valence electrons. The zero-order valence-corrected chi connectivity index (χ0v) is 33.8. The van der Waals surface area contributed by atoms with Crippen molar-refractivity contribution in [3.05, 3.63) is 0 Å². The van der Waals surface area contributed by atoms with Crippen LogP contribution >= 0.6 is 0 Å². The van der Waals surface area contributed by atoms with Crippen LogP contribution in [0.15, 0.2) is 0 Å². The number of nitrogens with two attached hydrogens (primary N) is 6. The summed E-state index contributed by atoms with van der Waals surface area (Å²) in [6.07, 6.45) is 11.4. The third-order valence-corrected chi connectivity index (χ3v) is 9.63. The van der Waals surface area contributed by atoms with E-state index in [4.69, 9.17) is 34.4 Å². The van der Waals surface area contributed by atoms with Gasteiger partial charge in [0.1, 0.15) is 6.04 Å². The van der Waals surface area contributed by atoms with Crippen LogP contribution in [0.3, 0.4) is 0 Å². The highest BCUT2D eigenvalue weighted by Gasteiger charge is 2.24. The number of hydrogen-bond donors (Lipinski definition) is 11. The molecule has 17 nitrogen and oxygen atoms in total. The molecule has 0 radical (unpaired) electrons. The Morgan fingerprint density at radius 1 is 0.455 bits per heavy atom. The normalized spacial score (nSPS) is 14.5. The van der Waals surface area contributed by atoms with Crippen LogP contribution in [0.5, 0.6) is 0 Å². The minimum atomic E-state index is -0.801. The maximum absolute atomic E-state index is 13.2. The molecule has 5 amide bonds. The van der Waals surface area contributed by atoms with Crippen molar-refractivity contribution in [1.29, 1.82) is 0 Å². The molecule has 55 heavy (non-hydrogen) atoms. The van der Waals surface area contributed by atoms with Crippen LogP contribution in [0, 0.1) is 5.92 Å². The third-order valence-electron chi connectivity index (χ3n) is 9.63. The first-order valence-electron chi connectivity index (χ1n) is 20.6. The summed E-state index contributed by atoms with van der Waals surface area (Å²) < 4.78 is 0. The molecule has 0 aliphatic rings. The average molecular weight is 784 g/mol. The van der Waals surface area contributed by atoms with Crippen LogP contribution in [-0.2, 0) is 28.8 Å². The van der Waals surface area contributed by atoms with E-state index in [0.29, 0.717) is 110 Å². The van der Waals surface area contributed by atoms with Gasteiger partial charge >= 0.3 is 0 Å². The molecule has 0 saturated heterocycles. The Bertz CT molecular complexity index is 1100. The summed E-state index contributed by atoms with van der Waals surface area (Å²) in [5, 5.41) is 14.1. The van der Waals surface area contributed by atoms with Gasteiger partial charge in [-0.3, -0.25) is 28.8 Å². The Hall–Kier alpha value is -3.22. The number of unbranched alkanes of at least 4 members (excludes halogenated alkanes) is 6. The first kappa shape index (κ1) is 51.8. The van der Waals surface area contributed by atoms with Crippen LogP contribution in [0.4, 0.5) is 0 Å².